The number of fused-ring (bicyclic) bond motifs is 6. The van der Waals surface area contributed by atoms with E-state index in [1.165, 1.54) is 39.4 Å². The standard InChI is InChI=1S/C30H29N3O3S/c1-19-8-10-20(11-9-19)28-24-6-4-14-32(24)29-23(22-5-2-3-7-27(22)37-29)18-33(28)30(34)31-21-12-13-25-26(17-21)36-16-15-35-25/h4,6,8-14,17,28H,2-3,5,7,15-16,18H2,1H3,(H,31,34). The van der Waals surface area contributed by atoms with Gasteiger partial charge in [0, 0.05) is 28.4 Å². The Balaban J connectivity index is 1.33. The highest BCUT2D eigenvalue weighted by Gasteiger charge is 2.36. The minimum absolute atomic E-state index is 0.126. The van der Waals surface area contributed by atoms with Gasteiger partial charge in [-0.15, -0.1) is 11.3 Å². The summed E-state index contributed by atoms with van der Waals surface area (Å²) in [5.74, 6) is 1.38. The van der Waals surface area contributed by atoms with Gasteiger partial charge in [-0.2, -0.15) is 0 Å². The molecule has 1 unspecified atom stereocenters. The molecule has 4 heterocycles. The average molecular weight is 512 g/mol. The Morgan fingerprint density at radius 3 is 2.65 bits per heavy atom. The van der Waals surface area contributed by atoms with E-state index >= 15 is 0 Å². The molecule has 1 N–H and O–H groups in total. The molecule has 0 saturated carbocycles. The summed E-state index contributed by atoms with van der Waals surface area (Å²) >= 11 is 1.91. The quantitative estimate of drug-likeness (QED) is 0.328. The zero-order valence-corrected chi connectivity index (χ0v) is 21.6. The Morgan fingerprint density at radius 1 is 0.973 bits per heavy atom. The van der Waals surface area contributed by atoms with Crippen LogP contribution in [0.4, 0.5) is 10.5 Å². The van der Waals surface area contributed by atoms with Gasteiger partial charge in [-0.25, -0.2) is 4.79 Å². The molecule has 7 rings (SSSR count). The summed E-state index contributed by atoms with van der Waals surface area (Å²) in [5, 5.41) is 4.43. The van der Waals surface area contributed by atoms with Gasteiger partial charge in [-0.3, -0.25) is 0 Å². The van der Waals surface area contributed by atoms with Gasteiger partial charge < -0.3 is 24.3 Å². The van der Waals surface area contributed by atoms with Crippen LogP contribution in [0.1, 0.15) is 51.7 Å². The van der Waals surface area contributed by atoms with Crippen LogP contribution in [0, 0.1) is 6.92 Å². The van der Waals surface area contributed by atoms with E-state index < -0.39 is 0 Å². The monoisotopic (exact) mass is 511 g/mol. The third-order valence-electron chi connectivity index (χ3n) is 7.63. The first kappa shape index (κ1) is 22.5. The van der Waals surface area contributed by atoms with Crippen LogP contribution in [0.25, 0.3) is 5.00 Å². The summed E-state index contributed by atoms with van der Waals surface area (Å²) in [4.78, 5) is 17.6. The van der Waals surface area contributed by atoms with Crippen molar-refractivity contribution in [2.24, 2.45) is 0 Å². The van der Waals surface area contributed by atoms with Crippen molar-refractivity contribution in [1.29, 1.82) is 0 Å². The largest absolute Gasteiger partial charge is 0.486 e. The van der Waals surface area contributed by atoms with Gasteiger partial charge in [-0.05, 0) is 68.0 Å². The molecule has 188 valence electrons. The van der Waals surface area contributed by atoms with Crippen LogP contribution in [0.15, 0.2) is 60.8 Å². The fraction of sp³-hybridized carbons (Fsp3) is 0.300. The van der Waals surface area contributed by atoms with E-state index in [-0.39, 0.29) is 12.1 Å². The number of carbonyl (C=O) groups excluding carboxylic acids is 1. The molecule has 2 aromatic carbocycles. The van der Waals surface area contributed by atoms with Crippen LogP contribution >= 0.6 is 11.3 Å². The first-order chi connectivity index (χ1) is 18.2. The van der Waals surface area contributed by atoms with E-state index in [4.69, 9.17) is 9.47 Å². The third kappa shape index (κ3) is 3.89. The summed E-state index contributed by atoms with van der Waals surface area (Å²) in [6.07, 6.45) is 6.82. The minimum atomic E-state index is -0.216. The minimum Gasteiger partial charge on any atom is -0.486 e. The summed E-state index contributed by atoms with van der Waals surface area (Å²) < 4.78 is 13.7. The smallest absolute Gasteiger partial charge is 0.322 e. The molecule has 3 aliphatic rings. The van der Waals surface area contributed by atoms with Gasteiger partial charge in [0.25, 0.3) is 0 Å². The van der Waals surface area contributed by atoms with Crippen molar-refractivity contribution in [3.63, 3.8) is 0 Å². The molecule has 0 fully saturated rings. The molecule has 6 nitrogen and oxygen atoms in total. The van der Waals surface area contributed by atoms with Gasteiger partial charge in [0.05, 0.1) is 18.3 Å². The number of nitrogens with zero attached hydrogens (tertiary/aromatic N) is 2. The second kappa shape index (κ2) is 8.99. The van der Waals surface area contributed by atoms with Crippen molar-refractivity contribution in [2.75, 3.05) is 18.5 Å². The highest BCUT2D eigenvalue weighted by molar-refractivity contribution is 7.15. The van der Waals surface area contributed by atoms with Crippen LogP contribution in [-0.2, 0) is 19.4 Å². The first-order valence-corrected chi connectivity index (χ1v) is 13.8. The van der Waals surface area contributed by atoms with Gasteiger partial charge in [0.2, 0.25) is 0 Å². The number of rotatable bonds is 2. The predicted molar refractivity (Wildman–Crippen MR) is 145 cm³/mol. The molecular formula is C30H29N3O3S. The number of urea groups is 1. The molecule has 1 atom stereocenters. The molecular weight excluding hydrogens is 482 g/mol. The van der Waals surface area contributed by atoms with Crippen molar-refractivity contribution >= 4 is 23.1 Å². The van der Waals surface area contributed by atoms with Crippen LogP contribution in [0.2, 0.25) is 0 Å². The van der Waals surface area contributed by atoms with Crippen molar-refractivity contribution in [2.45, 2.75) is 45.2 Å². The van der Waals surface area contributed by atoms with Crippen molar-refractivity contribution in [3.05, 3.63) is 93.6 Å². The Hall–Kier alpha value is -3.71. The van der Waals surface area contributed by atoms with Crippen LogP contribution < -0.4 is 14.8 Å². The van der Waals surface area contributed by atoms with Crippen LogP contribution in [0.5, 0.6) is 11.5 Å². The number of aromatic nitrogens is 1. The van der Waals surface area contributed by atoms with Crippen molar-refractivity contribution < 1.29 is 14.3 Å². The molecule has 0 radical (unpaired) electrons. The van der Waals surface area contributed by atoms with E-state index in [1.807, 2.05) is 34.4 Å². The molecule has 2 aliphatic heterocycles. The van der Waals surface area contributed by atoms with E-state index in [2.05, 4.69) is 59.4 Å². The van der Waals surface area contributed by atoms with Crippen molar-refractivity contribution in [1.82, 2.24) is 9.47 Å². The lowest BCUT2D eigenvalue weighted by molar-refractivity contribution is 0.171. The number of nitrogens with one attached hydrogen (secondary N) is 1. The number of hydrogen-bond donors (Lipinski definition) is 1. The van der Waals surface area contributed by atoms with E-state index in [0.717, 1.165) is 24.1 Å². The zero-order chi connectivity index (χ0) is 24.9. The van der Waals surface area contributed by atoms with Gasteiger partial charge in [-0.1, -0.05) is 29.8 Å². The molecule has 0 bridgehead atoms. The molecule has 1 aliphatic carbocycles. The number of carbonyl (C=O) groups is 1. The maximum atomic E-state index is 14.1. The summed E-state index contributed by atoms with van der Waals surface area (Å²) in [5.41, 5.74) is 6.86. The zero-order valence-electron chi connectivity index (χ0n) is 20.8. The number of hydrogen-bond acceptors (Lipinski definition) is 4. The van der Waals surface area contributed by atoms with Crippen molar-refractivity contribution in [3.8, 4) is 16.5 Å². The molecule has 0 spiro atoms. The van der Waals surface area contributed by atoms with E-state index in [1.54, 1.807) is 0 Å². The number of ether oxygens (including phenoxy) is 2. The number of benzene rings is 2. The normalized spacial score (nSPS) is 17.9. The van der Waals surface area contributed by atoms with Gasteiger partial charge in [0.15, 0.2) is 11.5 Å². The second-order valence-corrected chi connectivity index (χ2v) is 11.1. The molecule has 7 heteroatoms. The average Bonchev–Trinajstić information content (AvgIpc) is 3.51. The number of anilines is 1. The van der Waals surface area contributed by atoms with Gasteiger partial charge in [0.1, 0.15) is 18.2 Å². The van der Waals surface area contributed by atoms with Gasteiger partial charge >= 0.3 is 6.03 Å². The van der Waals surface area contributed by atoms with E-state index in [9.17, 15) is 4.79 Å². The fourth-order valence-corrected chi connectivity index (χ4v) is 7.21. The summed E-state index contributed by atoms with van der Waals surface area (Å²) in [7, 11) is 0. The topological polar surface area (TPSA) is 55.7 Å². The van der Waals surface area contributed by atoms with E-state index in [0.29, 0.717) is 36.9 Å². The Kier molecular flexibility index (Phi) is 5.47. The summed E-state index contributed by atoms with van der Waals surface area (Å²) in [6.45, 7) is 3.71. The predicted octanol–water partition coefficient (Wildman–Crippen LogP) is 6.63. The lowest BCUT2D eigenvalue weighted by Crippen LogP contribution is -2.38. The molecule has 0 saturated heterocycles. The highest BCUT2D eigenvalue weighted by atomic mass is 32.1. The first-order valence-electron chi connectivity index (χ1n) is 13.0. The molecule has 2 aromatic heterocycles. The Labute approximate surface area is 220 Å². The second-order valence-electron chi connectivity index (χ2n) is 10.0. The summed E-state index contributed by atoms with van der Waals surface area (Å²) in [6, 6.07) is 18.1. The maximum absolute atomic E-state index is 14.1. The number of aryl methyl sites for hydroxylation is 2. The molecule has 37 heavy (non-hydrogen) atoms. The highest BCUT2D eigenvalue weighted by Crippen LogP contribution is 2.44. The molecule has 4 aromatic rings. The Bertz CT molecular complexity index is 1490. The SMILES string of the molecule is Cc1ccc(C2c3cccn3-c3sc4c(c3CN2C(=O)Nc2ccc3c(c2)OCCO3)CCCC4)cc1. The number of amides is 2. The fourth-order valence-electron chi connectivity index (χ4n) is 5.80. The lowest BCUT2D eigenvalue weighted by atomic mass is 9.95. The van der Waals surface area contributed by atoms with Crippen LogP contribution in [0.3, 0.4) is 0 Å². The Morgan fingerprint density at radius 2 is 1.78 bits per heavy atom. The third-order valence-corrected chi connectivity index (χ3v) is 8.96. The molecule has 2 amide bonds. The van der Waals surface area contributed by atoms with Crippen LogP contribution in [-0.4, -0.2) is 28.7 Å². The lowest BCUT2D eigenvalue weighted by Gasteiger charge is -2.31. The maximum Gasteiger partial charge on any atom is 0.322 e. The number of thiophene rings is 1.